The molecule has 1 N–H and O–H groups in total. The minimum Gasteiger partial charge on any atom is -0.494 e. The van der Waals surface area contributed by atoms with Gasteiger partial charge in [-0.1, -0.05) is 12.1 Å². The van der Waals surface area contributed by atoms with Crippen LogP contribution in [0.5, 0.6) is 5.75 Å². The molecule has 0 atom stereocenters. The third kappa shape index (κ3) is 4.74. The molecular formula is C28H20FN3O5. The monoisotopic (exact) mass is 497 g/mol. The number of ether oxygens (including phenoxy) is 1. The third-order valence-electron chi connectivity index (χ3n) is 5.58. The number of fused-ring (bicyclic) bond motifs is 1. The van der Waals surface area contributed by atoms with Crippen molar-refractivity contribution in [1.82, 2.24) is 9.78 Å². The maximum absolute atomic E-state index is 13.4. The van der Waals surface area contributed by atoms with Crippen molar-refractivity contribution in [1.29, 1.82) is 0 Å². The van der Waals surface area contributed by atoms with Crippen LogP contribution >= 0.6 is 0 Å². The van der Waals surface area contributed by atoms with Gasteiger partial charge in [-0.25, -0.2) is 9.07 Å². The molecule has 0 aliphatic rings. The van der Waals surface area contributed by atoms with Gasteiger partial charge in [-0.3, -0.25) is 14.4 Å². The number of furan rings is 1. The van der Waals surface area contributed by atoms with E-state index in [0.717, 1.165) is 12.1 Å². The van der Waals surface area contributed by atoms with E-state index in [-0.39, 0.29) is 22.7 Å². The highest BCUT2D eigenvalue weighted by Crippen LogP contribution is 2.32. The lowest BCUT2D eigenvalue weighted by Gasteiger charge is -2.09. The molecule has 0 aliphatic heterocycles. The first-order chi connectivity index (χ1) is 17.9. The fraction of sp³-hybridized carbons (Fsp3) is 0.0714. The smallest absolute Gasteiger partial charge is 0.280 e. The Bertz CT molecular complexity index is 1670. The fourth-order valence-electron chi connectivity index (χ4n) is 3.80. The molecule has 0 aliphatic carbocycles. The van der Waals surface area contributed by atoms with Crippen molar-refractivity contribution in [3.05, 3.63) is 118 Å². The van der Waals surface area contributed by atoms with E-state index in [1.165, 1.54) is 29.1 Å². The number of anilines is 1. The molecule has 5 aromatic rings. The van der Waals surface area contributed by atoms with Crippen molar-refractivity contribution in [2.75, 3.05) is 11.9 Å². The molecule has 8 nitrogen and oxygen atoms in total. The van der Waals surface area contributed by atoms with Crippen LogP contribution in [0, 0.1) is 5.82 Å². The van der Waals surface area contributed by atoms with E-state index in [1.54, 1.807) is 48.5 Å². The van der Waals surface area contributed by atoms with E-state index >= 15 is 0 Å². The molecule has 0 unspecified atom stereocenters. The average molecular weight is 497 g/mol. The zero-order valence-electron chi connectivity index (χ0n) is 19.6. The summed E-state index contributed by atoms with van der Waals surface area (Å²) < 4.78 is 26.0. The first-order valence-electron chi connectivity index (χ1n) is 11.4. The lowest BCUT2D eigenvalue weighted by atomic mass is 10.1. The number of carbonyl (C=O) groups excluding carboxylic acids is 2. The molecule has 0 spiro atoms. The second-order valence-electron chi connectivity index (χ2n) is 7.99. The van der Waals surface area contributed by atoms with Gasteiger partial charge in [0, 0.05) is 23.2 Å². The number of hydrogen-bond donors (Lipinski definition) is 1. The van der Waals surface area contributed by atoms with Crippen LogP contribution in [-0.2, 0) is 0 Å². The topological polar surface area (TPSA) is 103 Å². The Morgan fingerprint density at radius 2 is 1.73 bits per heavy atom. The number of para-hydroxylation sites is 1. The number of carbonyl (C=O) groups is 2. The molecule has 37 heavy (non-hydrogen) atoms. The average Bonchev–Trinajstić information content (AvgIpc) is 3.28. The molecule has 2 aromatic heterocycles. The molecule has 3 aromatic carbocycles. The predicted octanol–water partition coefficient (Wildman–Crippen LogP) is 5.00. The lowest BCUT2D eigenvalue weighted by molar-refractivity contribution is 0.101. The molecule has 9 heteroatoms. The highest BCUT2D eigenvalue weighted by atomic mass is 19.1. The van der Waals surface area contributed by atoms with Gasteiger partial charge in [-0.05, 0) is 67.6 Å². The Kier molecular flexibility index (Phi) is 6.34. The molecule has 0 saturated heterocycles. The van der Waals surface area contributed by atoms with Crippen LogP contribution in [0.2, 0.25) is 0 Å². The summed E-state index contributed by atoms with van der Waals surface area (Å²) in [5, 5.41) is 7.31. The number of rotatable bonds is 7. The largest absolute Gasteiger partial charge is 0.494 e. The van der Waals surface area contributed by atoms with Crippen LogP contribution in [0.3, 0.4) is 0 Å². The maximum Gasteiger partial charge on any atom is 0.280 e. The summed E-state index contributed by atoms with van der Waals surface area (Å²) in [6.07, 6.45) is 1.45. The van der Waals surface area contributed by atoms with Gasteiger partial charge in [0.05, 0.1) is 18.0 Å². The molecule has 0 radical (unpaired) electrons. The van der Waals surface area contributed by atoms with Crippen LogP contribution < -0.4 is 15.5 Å². The van der Waals surface area contributed by atoms with Gasteiger partial charge in [0.2, 0.25) is 11.2 Å². The van der Waals surface area contributed by atoms with E-state index in [9.17, 15) is 18.8 Å². The van der Waals surface area contributed by atoms with Gasteiger partial charge >= 0.3 is 0 Å². The van der Waals surface area contributed by atoms with Crippen LogP contribution in [0.1, 0.15) is 33.5 Å². The summed E-state index contributed by atoms with van der Waals surface area (Å²) >= 11 is 0. The Balaban J connectivity index is 1.51. The molecule has 0 bridgehead atoms. The first kappa shape index (κ1) is 23.7. The number of nitrogens with zero attached hydrogens (tertiary/aromatic N) is 2. The molecule has 1 amide bonds. The van der Waals surface area contributed by atoms with Crippen molar-refractivity contribution in [2.45, 2.75) is 6.92 Å². The number of ketones is 1. The summed E-state index contributed by atoms with van der Waals surface area (Å²) in [6, 6.07) is 19.9. The van der Waals surface area contributed by atoms with Crippen LogP contribution in [-0.4, -0.2) is 28.1 Å². The van der Waals surface area contributed by atoms with Gasteiger partial charge in [-0.15, -0.1) is 0 Å². The van der Waals surface area contributed by atoms with E-state index in [1.807, 2.05) is 6.92 Å². The highest BCUT2D eigenvalue weighted by molar-refractivity contribution is 6.18. The van der Waals surface area contributed by atoms with Gasteiger partial charge in [-0.2, -0.15) is 5.10 Å². The van der Waals surface area contributed by atoms with Gasteiger partial charge in [0.1, 0.15) is 17.1 Å². The van der Waals surface area contributed by atoms with E-state index in [4.69, 9.17) is 9.15 Å². The number of hydrogen-bond acceptors (Lipinski definition) is 6. The molecule has 2 heterocycles. The fourth-order valence-corrected chi connectivity index (χ4v) is 3.80. The Morgan fingerprint density at radius 3 is 2.46 bits per heavy atom. The second-order valence-corrected chi connectivity index (χ2v) is 7.99. The van der Waals surface area contributed by atoms with Crippen molar-refractivity contribution >= 4 is 28.3 Å². The Hall–Kier alpha value is -5.05. The highest BCUT2D eigenvalue weighted by Gasteiger charge is 2.25. The summed E-state index contributed by atoms with van der Waals surface area (Å²) in [6.45, 7) is 2.40. The molecular weight excluding hydrogens is 477 g/mol. The molecule has 0 saturated carbocycles. The van der Waals surface area contributed by atoms with E-state index < -0.39 is 22.9 Å². The normalized spacial score (nSPS) is 10.9. The predicted molar refractivity (Wildman–Crippen MR) is 135 cm³/mol. The van der Waals surface area contributed by atoms with Crippen molar-refractivity contribution < 1.29 is 23.1 Å². The van der Waals surface area contributed by atoms with Crippen molar-refractivity contribution in [2.24, 2.45) is 0 Å². The molecule has 5 rings (SSSR count). The number of benzene rings is 3. The van der Waals surface area contributed by atoms with Crippen LogP contribution in [0.4, 0.5) is 10.1 Å². The Morgan fingerprint density at radius 1 is 1.00 bits per heavy atom. The number of amides is 1. The van der Waals surface area contributed by atoms with E-state index in [0.29, 0.717) is 29.0 Å². The zero-order valence-corrected chi connectivity index (χ0v) is 19.6. The Labute approximate surface area is 209 Å². The van der Waals surface area contributed by atoms with Gasteiger partial charge in [0.25, 0.3) is 5.91 Å². The molecule has 184 valence electrons. The maximum atomic E-state index is 13.4. The number of nitrogens with one attached hydrogen (secondary N) is 1. The van der Waals surface area contributed by atoms with Crippen LogP contribution in [0.15, 0.2) is 94.3 Å². The first-order valence-corrected chi connectivity index (χ1v) is 11.4. The van der Waals surface area contributed by atoms with Crippen LogP contribution in [0.25, 0.3) is 16.7 Å². The quantitative estimate of drug-likeness (QED) is 0.318. The zero-order chi connectivity index (χ0) is 25.9. The van der Waals surface area contributed by atoms with Gasteiger partial charge in [0.15, 0.2) is 11.5 Å². The summed E-state index contributed by atoms with van der Waals surface area (Å²) in [5.41, 5.74) is 0.259. The number of aromatic nitrogens is 2. The minimum atomic E-state index is -0.815. The third-order valence-corrected chi connectivity index (χ3v) is 5.58. The van der Waals surface area contributed by atoms with E-state index in [2.05, 4.69) is 10.4 Å². The second kappa shape index (κ2) is 9.90. The van der Waals surface area contributed by atoms with Crippen molar-refractivity contribution in [3.63, 3.8) is 0 Å². The minimum absolute atomic E-state index is 0.0904. The standard InChI is InChI=1S/C28H20FN3O5/c1-2-36-20-13-11-19(12-14-20)32-16-15-22(33)25(31-32)28(35)30-24-21-5-3-4-6-23(21)37-27(24)26(34)17-7-9-18(29)10-8-17/h3-16H,2H2,1H3,(H,30,35). The summed E-state index contributed by atoms with van der Waals surface area (Å²) in [4.78, 5) is 39.0. The summed E-state index contributed by atoms with van der Waals surface area (Å²) in [5.74, 6) is -1.34. The molecule has 0 fully saturated rings. The SMILES string of the molecule is CCOc1ccc(-n2ccc(=O)c(C(=O)Nc3c(C(=O)c4ccc(F)cc4)oc4ccccc34)n2)cc1. The van der Waals surface area contributed by atoms with Gasteiger partial charge < -0.3 is 14.5 Å². The van der Waals surface area contributed by atoms with Crippen molar-refractivity contribution in [3.8, 4) is 11.4 Å². The number of halogens is 1. The lowest BCUT2D eigenvalue weighted by Crippen LogP contribution is -2.26. The summed E-state index contributed by atoms with van der Waals surface area (Å²) in [7, 11) is 0.